The lowest BCUT2D eigenvalue weighted by atomic mass is 10.1. The number of amides is 1. The largest absolute Gasteiger partial charge is 0.454 e. The normalized spacial score (nSPS) is 14.8. The van der Waals surface area contributed by atoms with Crippen LogP contribution in [0.25, 0.3) is 0 Å². The summed E-state index contributed by atoms with van der Waals surface area (Å²) in [7, 11) is 0. The summed E-state index contributed by atoms with van der Waals surface area (Å²) in [5.41, 5.74) is 3.49. The summed E-state index contributed by atoms with van der Waals surface area (Å²) in [6.07, 6.45) is 0. The zero-order valence-corrected chi connectivity index (χ0v) is 12.4. The second-order valence-corrected chi connectivity index (χ2v) is 5.60. The Kier molecular flexibility index (Phi) is 3.17. The number of benzene rings is 2. The molecule has 112 valence electrons. The smallest absolute Gasteiger partial charge is 0.261 e. The van der Waals surface area contributed by atoms with Gasteiger partial charge in [-0.15, -0.1) is 0 Å². The third-order valence-electron chi connectivity index (χ3n) is 3.81. The van der Waals surface area contributed by atoms with Gasteiger partial charge in [0.2, 0.25) is 6.79 Å². The lowest BCUT2D eigenvalue weighted by Gasteiger charge is -2.10. The summed E-state index contributed by atoms with van der Waals surface area (Å²) in [6, 6.07) is 9.21. The molecule has 2 N–H and O–H groups in total. The monoisotopic (exact) mass is 316 g/mol. The molecule has 2 aromatic carbocycles. The molecule has 2 aliphatic rings. The van der Waals surface area contributed by atoms with Gasteiger partial charge in [0.1, 0.15) is 5.56 Å². The van der Waals surface area contributed by atoms with Crippen molar-refractivity contribution in [1.82, 2.24) is 5.32 Å². The maximum Gasteiger partial charge on any atom is 0.261 e. The summed E-state index contributed by atoms with van der Waals surface area (Å²) in [5, 5.41) is 6.48. The van der Waals surface area contributed by atoms with Crippen LogP contribution in [0.2, 0.25) is 5.02 Å². The molecule has 0 unspecified atom stereocenters. The first-order valence-corrected chi connectivity index (χ1v) is 7.32. The van der Waals surface area contributed by atoms with E-state index in [0.29, 0.717) is 22.1 Å². The Bertz CT molecular complexity index is 776. The first-order valence-electron chi connectivity index (χ1n) is 6.94. The number of hydrogen-bond donors (Lipinski definition) is 2. The molecule has 1 amide bonds. The molecular formula is C16H13ClN2O3. The van der Waals surface area contributed by atoms with Crippen LogP contribution in [0.15, 0.2) is 30.3 Å². The van der Waals surface area contributed by atoms with Crippen LogP contribution in [0.5, 0.6) is 11.5 Å². The van der Waals surface area contributed by atoms with Crippen LogP contribution in [0.3, 0.4) is 0 Å². The molecule has 0 aromatic heterocycles. The minimum absolute atomic E-state index is 0.0977. The molecule has 0 fully saturated rings. The van der Waals surface area contributed by atoms with E-state index in [-0.39, 0.29) is 12.7 Å². The molecule has 2 aromatic rings. The van der Waals surface area contributed by atoms with Gasteiger partial charge in [0.15, 0.2) is 11.5 Å². The van der Waals surface area contributed by atoms with Crippen molar-refractivity contribution in [3.8, 4) is 11.5 Å². The van der Waals surface area contributed by atoms with E-state index in [1.807, 2.05) is 18.2 Å². The zero-order chi connectivity index (χ0) is 15.1. The molecular weight excluding hydrogens is 304 g/mol. The molecule has 2 aliphatic heterocycles. The van der Waals surface area contributed by atoms with Crippen molar-refractivity contribution in [2.75, 3.05) is 12.1 Å². The van der Waals surface area contributed by atoms with Crippen LogP contribution in [0.4, 0.5) is 5.69 Å². The highest BCUT2D eigenvalue weighted by Gasteiger charge is 2.25. The van der Waals surface area contributed by atoms with Crippen molar-refractivity contribution in [3.05, 3.63) is 52.0 Å². The van der Waals surface area contributed by atoms with Crippen LogP contribution in [-0.4, -0.2) is 12.7 Å². The number of nitrogens with one attached hydrogen (secondary N) is 2. The predicted octanol–water partition coefficient (Wildman–Crippen LogP) is 2.92. The third kappa shape index (κ3) is 2.19. The molecule has 4 rings (SSSR count). The Hall–Kier alpha value is -2.24. The van der Waals surface area contributed by atoms with Crippen LogP contribution < -0.4 is 20.1 Å². The molecule has 0 saturated carbocycles. The Labute approximate surface area is 132 Å². The lowest BCUT2D eigenvalue weighted by Crippen LogP contribution is -2.13. The average Bonchev–Trinajstić information content (AvgIpc) is 3.14. The van der Waals surface area contributed by atoms with Crippen LogP contribution in [-0.2, 0) is 13.1 Å². The summed E-state index contributed by atoms with van der Waals surface area (Å²) in [6.45, 7) is 1.78. The maximum absolute atomic E-state index is 12.5. The lowest BCUT2D eigenvalue weighted by molar-refractivity contribution is 0.102. The fourth-order valence-electron chi connectivity index (χ4n) is 2.73. The van der Waals surface area contributed by atoms with Gasteiger partial charge in [0.05, 0.1) is 5.02 Å². The number of rotatable bonds is 2. The summed E-state index contributed by atoms with van der Waals surface area (Å²) >= 11 is 6.16. The molecule has 6 heteroatoms. The van der Waals surface area contributed by atoms with Gasteiger partial charge in [0, 0.05) is 18.8 Å². The number of carbonyl (C=O) groups excluding carboxylic acids is 1. The first-order chi connectivity index (χ1) is 10.7. The van der Waals surface area contributed by atoms with Gasteiger partial charge in [-0.3, -0.25) is 4.79 Å². The van der Waals surface area contributed by atoms with Gasteiger partial charge < -0.3 is 20.1 Å². The topological polar surface area (TPSA) is 59.6 Å². The Morgan fingerprint density at radius 1 is 1.14 bits per heavy atom. The molecule has 0 atom stereocenters. The quantitative estimate of drug-likeness (QED) is 0.894. The molecule has 0 aliphatic carbocycles. The predicted molar refractivity (Wildman–Crippen MR) is 82.5 cm³/mol. The number of fused-ring (bicyclic) bond motifs is 2. The van der Waals surface area contributed by atoms with E-state index in [9.17, 15) is 4.79 Å². The van der Waals surface area contributed by atoms with Gasteiger partial charge in [-0.2, -0.15) is 0 Å². The van der Waals surface area contributed by atoms with Crippen LogP contribution in [0, 0.1) is 0 Å². The van der Waals surface area contributed by atoms with Crippen molar-refractivity contribution in [2.24, 2.45) is 0 Å². The number of ether oxygens (including phenoxy) is 2. The molecule has 5 nitrogen and oxygen atoms in total. The van der Waals surface area contributed by atoms with E-state index < -0.39 is 0 Å². The Morgan fingerprint density at radius 2 is 2.00 bits per heavy atom. The fourth-order valence-corrected chi connectivity index (χ4v) is 2.96. The van der Waals surface area contributed by atoms with Crippen molar-refractivity contribution in [2.45, 2.75) is 13.1 Å². The van der Waals surface area contributed by atoms with Gasteiger partial charge >= 0.3 is 0 Å². The standard InChI is InChI=1S/C16H13ClN2O3/c17-12-3-4-13-15(22-8-21-13)14(12)16(20)19-11-2-1-9-6-18-7-10(9)5-11/h1-5,18H,6-8H2,(H,19,20). The second kappa shape index (κ2) is 5.19. The molecule has 0 spiro atoms. The number of hydrogen-bond acceptors (Lipinski definition) is 4. The van der Waals surface area contributed by atoms with Crippen molar-refractivity contribution in [1.29, 1.82) is 0 Å². The Morgan fingerprint density at radius 3 is 2.91 bits per heavy atom. The van der Waals surface area contributed by atoms with E-state index in [1.54, 1.807) is 12.1 Å². The SMILES string of the molecule is O=C(Nc1ccc2c(c1)CNC2)c1c(Cl)ccc2c1OCO2. The molecule has 0 saturated heterocycles. The van der Waals surface area contributed by atoms with Crippen molar-refractivity contribution in [3.63, 3.8) is 0 Å². The highest BCUT2D eigenvalue weighted by molar-refractivity contribution is 6.35. The fraction of sp³-hybridized carbons (Fsp3) is 0.188. The second-order valence-electron chi connectivity index (χ2n) is 5.20. The maximum atomic E-state index is 12.5. The third-order valence-corrected chi connectivity index (χ3v) is 4.13. The first kappa shape index (κ1) is 13.4. The van der Waals surface area contributed by atoms with Gasteiger partial charge in [-0.25, -0.2) is 0 Å². The van der Waals surface area contributed by atoms with Gasteiger partial charge in [-0.1, -0.05) is 17.7 Å². The molecule has 22 heavy (non-hydrogen) atoms. The highest BCUT2D eigenvalue weighted by Crippen LogP contribution is 2.39. The van der Waals surface area contributed by atoms with Gasteiger partial charge in [-0.05, 0) is 35.4 Å². The van der Waals surface area contributed by atoms with E-state index in [4.69, 9.17) is 21.1 Å². The van der Waals surface area contributed by atoms with Gasteiger partial charge in [0.25, 0.3) is 5.91 Å². The highest BCUT2D eigenvalue weighted by atomic mass is 35.5. The minimum atomic E-state index is -0.307. The van der Waals surface area contributed by atoms with E-state index in [1.165, 1.54) is 11.1 Å². The molecule has 0 bridgehead atoms. The summed E-state index contributed by atoms with van der Waals surface area (Å²) in [4.78, 5) is 12.5. The van der Waals surface area contributed by atoms with E-state index >= 15 is 0 Å². The number of halogens is 1. The van der Waals surface area contributed by atoms with Crippen LogP contribution in [0.1, 0.15) is 21.5 Å². The Balaban J connectivity index is 1.64. The number of carbonyl (C=O) groups is 1. The molecule has 0 radical (unpaired) electrons. The van der Waals surface area contributed by atoms with Crippen molar-refractivity contribution < 1.29 is 14.3 Å². The van der Waals surface area contributed by atoms with E-state index in [2.05, 4.69) is 10.6 Å². The van der Waals surface area contributed by atoms with Crippen molar-refractivity contribution >= 4 is 23.2 Å². The average molecular weight is 317 g/mol. The zero-order valence-electron chi connectivity index (χ0n) is 11.6. The van der Waals surface area contributed by atoms with E-state index in [0.717, 1.165) is 18.8 Å². The number of anilines is 1. The summed E-state index contributed by atoms with van der Waals surface area (Å²) < 4.78 is 10.7. The summed E-state index contributed by atoms with van der Waals surface area (Å²) in [5.74, 6) is 0.624. The van der Waals surface area contributed by atoms with Crippen LogP contribution >= 0.6 is 11.6 Å². The molecule has 2 heterocycles. The minimum Gasteiger partial charge on any atom is -0.454 e.